The first-order valence-corrected chi connectivity index (χ1v) is 5.75. The predicted molar refractivity (Wildman–Crippen MR) is 59.8 cm³/mol. The molecule has 0 radical (unpaired) electrons. The maximum atomic E-state index is 10.5. The van der Waals surface area contributed by atoms with E-state index >= 15 is 0 Å². The number of hydrogen-bond acceptors (Lipinski definition) is 3. The summed E-state index contributed by atoms with van der Waals surface area (Å²) in [6.07, 6.45) is 3.52. The van der Waals surface area contributed by atoms with Crippen molar-refractivity contribution in [2.45, 2.75) is 25.9 Å². The van der Waals surface area contributed by atoms with E-state index in [4.69, 9.17) is 4.74 Å². The topological polar surface area (TPSA) is 32.8 Å². The first-order chi connectivity index (χ1) is 7.26. The van der Waals surface area contributed by atoms with E-state index in [9.17, 15) is 4.79 Å². The van der Waals surface area contributed by atoms with Gasteiger partial charge in [-0.25, -0.2) is 0 Å². The molecule has 4 nitrogen and oxygen atoms in total. The normalized spacial score (nSPS) is 22.7. The molecule has 1 heterocycles. The molecule has 0 spiro atoms. The molecule has 0 aliphatic carbocycles. The monoisotopic (exact) mass is 214 g/mol. The van der Waals surface area contributed by atoms with Crippen LogP contribution in [0.15, 0.2) is 0 Å². The van der Waals surface area contributed by atoms with Crippen LogP contribution in [0, 0.1) is 0 Å². The molecule has 1 saturated heterocycles. The SMILES string of the molecule is CCCCN1CCOC(CN(C)C=O)C1. The third-order valence-corrected chi connectivity index (χ3v) is 2.72. The largest absolute Gasteiger partial charge is 0.374 e. The van der Waals surface area contributed by atoms with Crippen LogP contribution in [0.4, 0.5) is 0 Å². The third-order valence-electron chi connectivity index (χ3n) is 2.72. The molecule has 4 heteroatoms. The fourth-order valence-corrected chi connectivity index (χ4v) is 1.84. The van der Waals surface area contributed by atoms with E-state index in [0.717, 1.165) is 32.7 Å². The van der Waals surface area contributed by atoms with Gasteiger partial charge in [0.1, 0.15) is 0 Å². The van der Waals surface area contributed by atoms with Gasteiger partial charge in [0.2, 0.25) is 6.41 Å². The number of morpholine rings is 1. The molecule has 15 heavy (non-hydrogen) atoms. The van der Waals surface area contributed by atoms with Gasteiger partial charge in [-0.15, -0.1) is 0 Å². The van der Waals surface area contributed by atoms with Crippen molar-refractivity contribution < 1.29 is 9.53 Å². The average molecular weight is 214 g/mol. The van der Waals surface area contributed by atoms with Crippen molar-refractivity contribution in [2.75, 3.05) is 39.8 Å². The smallest absolute Gasteiger partial charge is 0.209 e. The van der Waals surface area contributed by atoms with Crippen molar-refractivity contribution in [1.82, 2.24) is 9.80 Å². The molecule has 0 aromatic heterocycles. The van der Waals surface area contributed by atoms with Gasteiger partial charge in [0.15, 0.2) is 0 Å². The molecule has 1 unspecified atom stereocenters. The summed E-state index contributed by atoms with van der Waals surface area (Å²) in [5, 5.41) is 0. The van der Waals surface area contributed by atoms with Crippen molar-refractivity contribution >= 4 is 6.41 Å². The molecule has 0 aromatic carbocycles. The minimum Gasteiger partial charge on any atom is -0.374 e. The van der Waals surface area contributed by atoms with Crippen LogP contribution in [0.5, 0.6) is 0 Å². The molecule has 1 atom stereocenters. The number of unbranched alkanes of at least 4 members (excludes halogenated alkanes) is 1. The molecular formula is C11H22N2O2. The van der Waals surface area contributed by atoms with Gasteiger partial charge in [-0.2, -0.15) is 0 Å². The molecular weight excluding hydrogens is 192 g/mol. The second-order valence-electron chi connectivity index (χ2n) is 4.19. The van der Waals surface area contributed by atoms with Crippen molar-refractivity contribution in [3.63, 3.8) is 0 Å². The number of likely N-dealkylation sites (N-methyl/N-ethyl adjacent to an activating group) is 1. The summed E-state index contributed by atoms with van der Waals surface area (Å²) in [6, 6.07) is 0. The summed E-state index contributed by atoms with van der Waals surface area (Å²) < 4.78 is 5.62. The zero-order valence-electron chi connectivity index (χ0n) is 9.82. The summed E-state index contributed by atoms with van der Waals surface area (Å²) in [6.45, 7) is 6.84. The third kappa shape index (κ3) is 4.62. The number of amides is 1. The summed E-state index contributed by atoms with van der Waals surface area (Å²) in [5.41, 5.74) is 0. The molecule has 88 valence electrons. The Morgan fingerprint density at radius 1 is 1.60 bits per heavy atom. The van der Waals surface area contributed by atoms with E-state index in [-0.39, 0.29) is 6.10 Å². The van der Waals surface area contributed by atoms with Gasteiger partial charge >= 0.3 is 0 Å². The van der Waals surface area contributed by atoms with Crippen LogP contribution in [0.3, 0.4) is 0 Å². The van der Waals surface area contributed by atoms with Gasteiger partial charge in [0, 0.05) is 26.7 Å². The van der Waals surface area contributed by atoms with Crippen molar-refractivity contribution in [3.05, 3.63) is 0 Å². The Morgan fingerprint density at radius 2 is 2.40 bits per heavy atom. The Hall–Kier alpha value is -0.610. The van der Waals surface area contributed by atoms with Gasteiger partial charge in [-0.05, 0) is 13.0 Å². The van der Waals surface area contributed by atoms with E-state index in [2.05, 4.69) is 11.8 Å². The minimum absolute atomic E-state index is 0.186. The van der Waals surface area contributed by atoms with Gasteiger partial charge in [0.25, 0.3) is 0 Å². The number of rotatable bonds is 6. The molecule has 0 aromatic rings. The highest BCUT2D eigenvalue weighted by Crippen LogP contribution is 2.07. The van der Waals surface area contributed by atoms with Crippen molar-refractivity contribution in [1.29, 1.82) is 0 Å². The van der Waals surface area contributed by atoms with E-state index < -0.39 is 0 Å². The quantitative estimate of drug-likeness (QED) is 0.606. The van der Waals surface area contributed by atoms with Crippen LogP contribution in [-0.2, 0) is 9.53 Å². The summed E-state index contributed by atoms with van der Waals surface area (Å²) >= 11 is 0. The predicted octanol–water partition coefficient (Wildman–Crippen LogP) is 0.575. The highest BCUT2D eigenvalue weighted by atomic mass is 16.5. The summed E-state index contributed by atoms with van der Waals surface area (Å²) in [4.78, 5) is 14.6. The van der Waals surface area contributed by atoms with Crippen LogP contribution in [0.25, 0.3) is 0 Å². The molecule has 1 aliphatic rings. The zero-order valence-corrected chi connectivity index (χ0v) is 9.82. The van der Waals surface area contributed by atoms with E-state index in [0.29, 0.717) is 6.54 Å². The fraction of sp³-hybridized carbons (Fsp3) is 0.909. The Kier molecular flexibility index (Phi) is 5.65. The lowest BCUT2D eigenvalue weighted by Crippen LogP contribution is -2.46. The van der Waals surface area contributed by atoms with Crippen LogP contribution in [0.1, 0.15) is 19.8 Å². The van der Waals surface area contributed by atoms with Gasteiger partial charge < -0.3 is 9.64 Å². The first kappa shape index (κ1) is 12.5. The van der Waals surface area contributed by atoms with E-state index in [1.165, 1.54) is 12.8 Å². The van der Waals surface area contributed by atoms with Crippen LogP contribution < -0.4 is 0 Å². The van der Waals surface area contributed by atoms with Crippen molar-refractivity contribution in [2.24, 2.45) is 0 Å². The molecule has 0 N–H and O–H groups in total. The van der Waals surface area contributed by atoms with Crippen LogP contribution in [0.2, 0.25) is 0 Å². The highest BCUT2D eigenvalue weighted by molar-refractivity contribution is 5.46. The average Bonchev–Trinajstić information content (AvgIpc) is 2.26. The van der Waals surface area contributed by atoms with Gasteiger partial charge in [-0.3, -0.25) is 9.69 Å². The van der Waals surface area contributed by atoms with Gasteiger partial charge in [-0.1, -0.05) is 13.3 Å². The Bertz CT molecular complexity index is 187. The van der Waals surface area contributed by atoms with Crippen molar-refractivity contribution in [3.8, 4) is 0 Å². The number of carbonyl (C=O) groups excluding carboxylic acids is 1. The maximum Gasteiger partial charge on any atom is 0.209 e. The standard InChI is InChI=1S/C11H22N2O2/c1-3-4-5-13-6-7-15-11(9-13)8-12(2)10-14/h10-11H,3-9H2,1-2H3. The molecule has 0 bridgehead atoms. The van der Waals surface area contributed by atoms with Crippen LogP contribution >= 0.6 is 0 Å². The number of carbonyl (C=O) groups is 1. The van der Waals surface area contributed by atoms with E-state index in [1.54, 1.807) is 11.9 Å². The van der Waals surface area contributed by atoms with E-state index in [1.807, 2.05) is 0 Å². The summed E-state index contributed by atoms with van der Waals surface area (Å²) in [7, 11) is 1.79. The number of hydrogen-bond donors (Lipinski definition) is 0. The number of ether oxygens (including phenoxy) is 1. The lowest BCUT2D eigenvalue weighted by molar-refractivity contribution is -0.120. The number of nitrogens with zero attached hydrogens (tertiary/aromatic N) is 2. The zero-order chi connectivity index (χ0) is 11.1. The Balaban J connectivity index is 2.25. The highest BCUT2D eigenvalue weighted by Gasteiger charge is 2.20. The lowest BCUT2D eigenvalue weighted by Gasteiger charge is -2.34. The molecule has 0 saturated carbocycles. The lowest BCUT2D eigenvalue weighted by atomic mass is 10.2. The summed E-state index contributed by atoms with van der Waals surface area (Å²) in [5.74, 6) is 0. The molecule has 1 rings (SSSR count). The molecule has 1 amide bonds. The van der Waals surface area contributed by atoms with Crippen LogP contribution in [-0.4, -0.2) is 62.1 Å². The Labute approximate surface area is 92.2 Å². The second kappa shape index (κ2) is 6.80. The minimum atomic E-state index is 0.186. The first-order valence-electron chi connectivity index (χ1n) is 5.75. The molecule has 1 fully saturated rings. The fourth-order valence-electron chi connectivity index (χ4n) is 1.84. The molecule has 1 aliphatic heterocycles. The Morgan fingerprint density at radius 3 is 3.07 bits per heavy atom. The second-order valence-corrected chi connectivity index (χ2v) is 4.19. The maximum absolute atomic E-state index is 10.5. The van der Waals surface area contributed by atoms with Gasteiger partial charge in [0.05, 0.1) is 12.7 Å².